The van der Waals surface area contributed by atoms with Crippen LogP contribution < -0.4 is 0 Å². The number of aliphatic hydroxyl groups is 1. The lowest BCUT2D eigenvalue weighted by atomic mass is 9.44. The van der Waals surface area contributed by atoms with E-state index in [4.69, 9.17) is 0 Å². The summed E-state index contributed by atoms with van der Waals surface area (Å²) < 4.78 is 0. The van der Waals surface area contributed by atoms with Gasteiger partial charge in [0, 0.05) is 0 Å². The molecule has 0 aromatic heterocycles. The average molecular weight is 401 g/mol. The van der Waals surface area contributed by atoms with Crippen molar-refractivity contribution >= 4 is 0 Å². The van der Waals surface area contributed by atoms with Gasteiger partial charge in [0.05, 0.1) is 6.10 Å². The Labute approximate surface area is 181 Å². The molecule has 0 saturated heterocycles. The van der Waals surface area contributed by atoms with Crippen molar-refractivity contribution in [1.29, 1.82) is 0 Å². The van der Waals surface area contributed by atoms with Crippen molar-refractivity contribution in [2.75, 3.05) is 0 Å². The molecule has 10 atom stereocenters. The third kappa shape index (κ3) is 3.66. The maximum Gasteiger partial charge on any atom is 0.0543 e. The van der Waals surface area contributed by atoms with Gasteiger partial charge in [-0.05, 0) is 116 Å². The van der Waals surface area contributed by atoms with Gasteiger partial charge in [0.15, 0.2) is 0 Å². The van der Waals surface area contributed by atoms with Crippen LogP contribution in [0.2, 0.25) is 0 Å². The summed E-state index contributed by atoms with van der Waals surface area (Å²) in [6.07, 6.45) is 17.1. The number of fused-ring (bicyclic) bond motifs is 5. The van der Waals surface area contributed by atoms with Gasteiger partial charge in [0.2, 0.25) is 0 Å². The van der Waals surface area contributed by atoms with Crippen LogP contribution in [0.4, 0.5) is 0 Å². The highest BCUT2D eigenvalue weighted by Crippen LogP contribution is 2.68. The van der Waals surface area contributed by atoms with Gasteiger partial charge in [-0.3, -0.25) is 0 Å². The van der Waals surface area contributed by atoms with Gasteiger partial charge in [0.1, 0.15) is 0 Å². The van der Waals surface area contributed by atoms with Crippen molar-refractivity contribution in [3.05, 3.63) is 12.2 Å². The molecule has 0 aliphatic heterocycles. The smallest absolute Gasteiger partial charge is 0.0543 e. The van der Waals surface area contributed by atoms with Gasteiger partial charge >= 0.3 is 0 Å². The topological polar surface area (TPSA) is 20.2 Å². The van der Waals surface area contributed by atoms with E-state index < -0.39 is 0 Å². The lowest BCUT2D eigenvalue weighted by Gasteiger charge is -2.61. The Bertz CT molecular complexity index is 607. The molecule has 1 unspecified atom stereocenters. The minimum absolute atomic E-state index is 0.0183. The van der Waals surface area contributed by atoms with E-state index in [-0.39, 0.29) is 6.10 Å². The van der Waals surface area contributed by atoms with Crippen LogP contribution in [0.15, 0.2) is 12.2 Å². The summed E-state index contributed by atoms with van der Waals surface area (Å²) >= 11 is 0. The molecule has 1 nitrogen and oxygen atoms in total. The van der Waals surface area contributed by atoms with Crippen LogP contribution in [-0.4, -0.2) is 11.2 Å². The molecule has 0 heterocycles. The number of hydrogen-bond acceptors (Lipinski definition) is 1. The third-order valence-electron chi connectivity index (χ3n) is 11.1. The second-order valence-corrected chi connectivity index (χ2v) is 12.7. The fourth-order valence-electron chi connectivity index (χ4n) is 8.85. The van der Waals surface area contributed by atoms with E-state index in [2.05, 4.69) is 53.7 Å². The average Bonchev–Trinajstić information content (AvgIpc) is 3.03. The number of allylic oxidation sites excluding steroid dienone is 2. The molecule has 0 aromatic carbocycles. The summed E-state index contributed by atoms with van der Waals surface area (Å²) in [7, 11) is 0. The van der Waals surface area contributed by atoms with E-state index in [1.165, 1.54) is 44.9 Å². The van der Waals surface area contributed by atoms with Gasteiger partial charge in [-0.15, -0.1) is 0 Å². The molecule has 4 aliphatic carbocycles. The Kier molecular flexibility index (Phi) is 6.04. The van der Waals surface area contributed by atoms with E-state index in [0.29, 0.717) is 16.7 Å². The molecule has 0 aromatic rings. The van der Waals surface area contributed by atoms with Crippen LogP contribution in [0, 0.1) is 58.2 Å². The van der Waals surface area contributed by atoms with Crippen molar-refractivity contribution in [1.82, 2.24) is 0 Å². The van der Waals surface area contributed by atoms with E-state index >= 15 is 0 Å². The molecule has 1 N–H and O–H groups in total. The third-order valence-corrected chi connectivity index (χ3v) is 11.1. The van der Waals surface area contributed by atoms with E-state index in [1.807, 2.05) is 0 Å². The monoisotopic (exact) mass is 400 g/mol. The highest BCUT2D eigenvalue weighted by molar-refractivity contribution is 5.11. The van der Waals surface area contributed by atoms with Crippen LogP contribution in [0.1, 0.15) is 99.3 Å². The van der Waals surface area contributed by atoms with Crippen molar-refractivity contribution in [2.24, 2.45) is 58.2 Å². The fraction of sp³-hybridized carbons (Fsp3) is 0.929. The maximum absolute atomic E-state index is 10.3. The molecular formula is C28H48O. The molecule has 166 valence electrons. The van der Waals surface area contributed by atoms with Gasteiger partial charge in [0.25, 0.3) is 0 Å². The molecule has 29 heavy (non-hydrogen) atoms. The lowest BCUT2D eigenvalue weighted by Crippen LogP contribution is -2.54. The van der Waals surface area contributed by atoms with Crippen LogP contribution in [0.5, 0.6) is 0 Å². The number of hydrogen-bond donors (Lipinski definition) is 1. The Hall–Kier alpha value is -0.300. The Morgan fingerprint density at radius 1 is 0.793 bits per heavy atom. The largest absolute Gasteiger partial charge is 0.393 e. The van der Waals surface area contributed by atoms with Gasteiger partial charge < -0.3 is 5.11 Å². The predicted octanol–water partition coefficient (Wildman–Crippen LogP) is 7.49. The lowest BCUT2D eigenvalue weighted by molar-refractivity contribution is -0.128. The van der Waals surface area contributed by atoms with Crippen LogP contribution in [0.25, 0.3) is 0 Å². The molecule has 4 fully saturated rings. The number of rotatable bonds is 4. The van der Waals surface area contributed by atoms with Crippen LogP contribution in [0.3, 0.4) is 0 Å². The zero-order valence-corrected chi connectivity index (χ0v) is 20.2. The molecule has 4 aliphatic rings. The highest BCUT2D eigenvalue weighted by atomic mass is 16.3. The van der Waals surface area contributed by atoms with Crippen LogP contribution >= 0.6 is 0 Å². The normalized spacial score (nSPS) is 49.5. The molecule has 1 heteroatoms. The maximum atomic E-state index is 10.3. The fourth-order valence-corrected chi connectivity index (χ4v) is 8.85. The quantitative estimate of drug-likeness (QED) is 0.485. The van der Waals surface area contributed by atoms with Crippen molar-refractivity contribution in [2.45, 2.75) is 105 Å². The summed E-state index contributed by atoms with van der Waals surface area (Å²) in [5.41, 5.74) is 1.07. The Balaban J connectivity index is 1.50. The second kappa shape index (κ2) is 7.99. The second-order valence-electron chi connectivity index (χ2n) is 12.7. The van der Waals surface area contributed by atoms with Crippen LogP contribution in [-0.2, 0) is 0 Å². The summed E-state index contributed by atoms with van der Waals surface area (Å²) in [4.78, 5) is 0. The van der Waals surface area contributed by atoms with E-state index in [0.717, 1.165) is 54.3 Å². The molecule has 0 spiro atoms. The molecule has 4 saturated carbocycles. The first-order chi connectivity index (χ1) is 13.7. The first-order valence-electron chi connectivity index (χ1n) is 13.0. The molecule has 0 bridgehead atoms. The molecular weight excluding hydrogens is 352 g/mol. The summed E-state index contributed by atoms with van der Waals surface area (Å²) in [5.74, 6) is 6.66. The van der Waals surface area contributed by atoms with E-state index in [9.17, 15) is 5.11 Å². The molecule has 4 rings (SSSR count). The number of aliphatic hydroxyl groups excluding tert-OH is 1. The molecule has 0 radical (unpaired) electrons. The zero-order valence-electron chi connectivity index (χ0n) is 20.2. The molecule has 0 amide bonds. The predicted molar refractivity (Wildman–Crippen MR) is 124 cm³/mol. The Morgan fingerprint density at radius 3 is 2.21 bits per heavy atom. The minimum Gasteiger partial charge on any atom is -0.393 e. The first-order valence-corrected chi connectivity index (χ1v) is 13.0. The SMILES string of the molecule is CC(C)C(C)/C=C/[C@@H](C)[C@H]1CC[C@H]2[C@@H]3CC[C@H]4C[C@@H](O)CC[C@]4(C)[C@H]3CC[C@]12C. The van der Waals surface area contributed by atoms with Gasteiger partial charge in [-0.1, -0.05) is 53.7 Å². The summed E-state index contributed by atoms with van der Waals surface area (Å²) in [5, 5.41) is 10.3. The van der Waals surface area contributed by atoms with Crippen molar-refractivity contribution in [3.8, 4) is 0 Å². The first kappa shape index (κ1) is 21.9. The van der Waals surface area contributed by atoms with Crippen molar-refractivity contribution in [3.63, 3.8) is 0 Å². The van der Waals surface area contributed by atoms with Crippen molar-refractivity contribution < 1.29 is 5.11 Å². The highest BCUT2D eigenvalue weighted by Gasteiger charge is 2.60. The van der Waals surface area contributed by atoms with Gasteiger partial charge in [-0.25, -0.2) is 0 Å². The summed E-state index contributed by atoms with van der Waals surface area (Å²) in [6.45, 7) is 14.9. The van der Waals surface area contributed by atoms with Gasteiger partial charge in [-0.2, -0.15) is 0 Å². The zero-order chi connectivity index (χ0) is 21.0. The minimum atomic E-state index is -0.0183. The summed E-state index contributed by atoms with van der Waals surface area (Å²) in [6, 6.07) is 0. The standard InChI is InChI=1S/C28H48O/c1-18(2)19(3)7-8-20(4)24-11-12-25-23-10-9-21-17-22(29)13-15-27(21,5)26(23)14-16-28(24,25)6/h7-8,18-26,29H,9-17H2,1-6H3/b8-7+/t19?,20-,21+,22+,23+,24-,25+,26+,27+,28-/m1/s1. The Morgan fingerprint density at radius 2 is 1.48 bits per heavy atom. The van der Waals surface area contributed by atoms with E-state index in [1.54, 1.807) is 0 Å².